The Morgan fingerprint density at radius 1 is 1.06 bits per heavy atom. The lowest BCUT2D eigenvalue weighted by Gasteiger charge is -2.25. The number of ether oxygens (including phenoxy) is 1. The van der Waals surface area contributed by atoms with Gasteiger partial charge in [0, 0.05) is 17.8 Å². The molecule has 1 aromatic heterocycles. The Bertz CT molecular complexity index is 1170. The minimum atomic E-state index is -0.889. The van der Waals surface area contributed by atoms with Gasteiger partial charge < -0.3 is 15.2 Å². The zero-order valence-electron chi connectivity index (χ0n) is 19.8. The summed E-state index contributed by atoms with van der Waals surface area (Å²) in [6, 6.07) is 16.1. The molecular formula is C28H32N2O3. The molecule has 2 atom stereocenters. The minimum Gasteiger partial charge on any atom is -0.497 e. The van der Waals surface area contributed by atoms with E-state index in [1.807, 2.05) is 37.3 Å². The molecule has 1 heterocycles. The van der Waals surface area contributed by atoms with Crippen molar-refractivity contribution < 1.29 is 14.6 Å². The van der Waals surface area contributed by atoms with Crippen LogP contribution in [0.25, 0.3) is 11.1 Å². The van der Waals surface area contributed by atoms with E-state index in [0.29, 0.717) is 5.56 Å². The van der Waals surface area contributed by atoms with Crippen molar-refractivity contribution in [1.82, 2.24) is 10.3 Å². The molecule has 0 bridgehead atoms. The first kappa shape index (κ1) is 23.0. The van der Waals surface area contributed by atoms with E-state index in [4.69, 9.17) is 9.72 Å². The van der Waals surface area contributed by atoms with Crippen LogP contribution in [0.2, 0.25) is 0 Å². The standard InChI is InChI=1S/C28H32N2O3/c1-17-12-13-21(15-24(17)28(31)32)25-16-27(30-26-11-6-5-10-23(25)26)19(3)29-18(2)20-8-7-9-22(14-20)33-4/h7-9,12-16,18-19,29H,5-6,10-11H2,1-4H3,(H,31,32)/t18-,19?/m1/s1. The van der Waals surface area contributed by atoms with Crippen molar-refractivity contribution in [2.24, 2.45) is 0 Å². The van der Waals surface area contributed by atoms with Crippen LogP contribution in [0.15, 0.2) is 48.5 Å². The number of aromatic carboxylic acids is 1. The van der Waals surface area contributed by atoms with Gasteiger partial charge in [0.2, 0.25) is 0 Å². The molecule has 0 amide bonds. The number of aryl methyl sites for hydroxylation is 2. The predicted molar refractivity (Wildman–Crippen MR) is 131 cm³/mol. The summed E-state index contributed by atoms with van der Waals surface area (Å²) in [5.74, 6) is -0.0451. The van der Waals surface area contributed by atoms with Crippen molar-refractivity contribution in [3.8, 4) is 16.9 Å². The van der Waals surface area contributed by atoms with Crippen molar-refractivity contribution in [3.05, 3.63) is 82.2 Å². The Hall–Kier alpha value is -3.18. The van der Waals surface area contributed by atoms with Gasteiger partial charge in [0.15, 0.2) is 0 Å². The van der Waals surface area contributed by atoms with Crippen LogP contribution in [0.5, 0.6) is 5.75 Å². The van der Waals surface area contributed by atoms with E-state index in [0.717, 1.165) is 65.1 Å². The molecule has 5 nitrogen and oxygen atoms in total. The molecule has 172 valence electrons. The highest BCUT2D eigenvalue weighted by Gasteiger charge is 2.21. The van der Waals surface area contributed by atoms with Gasteiger partial charge >= 0.3 is 5.97 Å². The first-order chi connectivity index (χ1) is 15.9. The van der Waals surface area contributed by atoms with E-state index >= 15 is 0 Å². The molecule has 0 saturated heterocycles. The Balaban J connectivity index is 1.69. The number of nitrogens with zero attached hydrogens (tertiary/aromatic N) is 1. The molecule has 0 radical (unpaired) electrons. The topological polar surface area (TPSA) is 71.5 Å². The number of fused-ring (bicyclic) bond motifs is 1. The highest BCUT2D eigenvalue weighted by molar-refractivity contribution is 5.91. The second-order valence-corrected chi connectivity index (χ2v) is 8.95. The molecule has 4 rings (SSSR count). The second kappa shape index (κ2) is 9.75. The van der Waals surface area contributed by atoms with Crippen molar-refractivity contribution in [3.63, 3.8) is 0 Å². The van der Waals surface area contributed by atoms with Crippen LogP contribution in [-0.4, -0.2) is 23.2 Å². The molecule has 1 unspecified atom stereocenters. The number of carboxylic acids is 1. The number of aromatic nitrogens is 1. The lowest BCUT2D eigenvalue weighted by atomic mass is 9.87. The molecule has 2 N–H and O–H groups in total. The van der Waals surface area contributed by atoms with E-state index in [1.165, 1.54) is 5.56 Å². The fourth-order valence-electron chi connectivity index (χ4n) is 4.69. The van der Waals surface area contributed by atoms with Crippen LogP contribution in [-0.2, 0) is 12.8 Å². The number of carboxylic acid groups (broad SMARTS) is 1. The number of nitrogens with one attached hydrogen (secondary N) is 1. The molecule has 0 fully saturated rings. The summed E-state index contributed by atoms with van der Waals surface area (Å²) in [6.07, 6.45) is 4.22. The van der Waals surface area contributed by atoms with Gasteiger partial charge in [-0.1, -0.05) is 24.3 Å². The SMILES string of the molecule is COc1cccc([C@@H](C)NC(C)c2cc(-c3ccc(C)c(C(=O)O)c3)c3c(n2)CCCC3)c1. The summed E-state index contributed by atoms with van der Waals surface area (Å²) >= 11 is 0. The predicted octanol–water partition coefficient (Wildman–Crippen LogP) is 6.05. The van der Waals surface area contributed by atoms with Gasteiger partial charge in [0.1, 0.15) is 5.75 Å². The van der Waals surface area contributed by atoms with Crippen molar-refractivity contribution in [2.75, 3.05) is 7.11 Å². The van der Waals surface area contributed by atoms with Gasteiger partial charge in [-0.05, 0) is 98.5 Å². The van der Waals surface area contributed by atoms with Crippen molar-refractivity contribution in [2.45, 2.75) is 58.5 Å². The number of pyridine rings is 1. The Kier molecular flexibility index (Phi) is 6.80. The van der Waals surface area contributed by atoms with Crippen LogP contribution in [0, 0.1) is 6.92 Å². The maximum Gasteiger partial charge on any atom is 0.335 e. The van der Waals surface area contributed by atoms with Crippen LogP contribution < -0.4 is 10.1 Å². The molecule has 0 aliphatic heterocycles. The van der Waals surface area contributed by atoms with Crippen LogP contribution in [0.1, 0.15) is 77.2 Å². The molecule has 2 aromatic carbocycles. The third kappa shape index (κ3) is 4.93. The van der Waals surface area contributed by atoms with Crippen molar-refractivity contribution in [1.29, 1.82) is 0 Å². The number of methoxy groups -OCH3 is 1. The smallest absolute Gasteiger partial charge is 0.335 e. The van der Waals surface area contributed by atoms with Crippen LogP contribution >= 0.6 is 0 Å². The first-order valence-electron chi connectivity index (χ1n) is 11.6. The molecular weight excluding hydrogens is 412 g/mol. The Labute approximate surface area is 195 Å². The molecule has 0 saturated carbocycles. The normalized spacial score (nSPS) is 14.9. The monoisotopic (exact) mass is 444 g/mol. The van der Waals surface area contributed by atoms with Gasteiger partial charge in [-0.2, -0.15) is 0 Å². The van der Waals surface area contributed by atoms with Gasteiger partial charge in [-0.3, -0.25) is 4.98 Å². The summed E-state index contributed by atoms with van der Waals surface area (Å²) in [7, 11) is 1.68. The van der Waals surface area contributed by atoms with Crippen LogP contribution in [0.4, 0.5) is 0 Å². The van der Waals surface area contributed by atoms with E-state index in [9.17, 15) is 9.90 Å². The molecule has 3 aromatic rings. The maximum absolute atomic E-state index is 11.7. The number of rotatable bonds is 7. The lowest BCUT2D eigenvalue weighted by Crippen LogP contribution is -2.24. The Morgan fingerprint density at radius 2 is 1.85 bits per heavy atom. The van der Waals surface area contributed by atoms with Gasteiger partial charge in [0.05, 0.1) is 18.4 Å². The number of hydrogen-bond donors (Lipinski definition) is 2. The summed E-state index contributed by atoms with van der Waals surface area (Å²) in [4.78, 5) is 16.8. The quantitative estimate of drug-likeness (QED) is 0.464. The molecule has 5 heteroatoms. The number of hydrogen-bond acceptors (Lipinski definition) is 4. The summed E-state index contributed by atoms with van der Waals surface area (Å²) < 4.78 is 5.37. The zero-order chi connectivity index (χ0) is 23.5. The fraction of sp³-hybridized carbons (Fsp3) is 0.357. The van der Waals surface area contributed by atoms with Gasteiger partial charge in [-0.15, -0.1) is 0 Å². The average Bonchev–Trinajstić information content (AvgIpc) is 2.83. The highest BCUT2D eigenvalue weighted by Crippen LogP contribution is 2.34. The number of benzene rings is 2. The first-order valence-corrected chi connectivity index (χ1v) is 11.6. The fourth-order valence-corrected chi connectivity index (χ4v) is 4.69. The molecule has 1 aliphatic carbocycles. The zero-order valence-corrected chi connectivity index (χ0v) is 19.8. The van der Waals surface area contributed by atoms with Gasteiger partial charge in [-0.25, -0.2) is 4.79 Å². The lowest BCUT2D eigenvalue weighted by molar-refractivity contribution is 0.0696. The highest BCUT2D eigenvalue weighted by atomic mass is 16.5. The number of carbonyl (C=O) groups is 1. The third-order valence-corrected chi connectivity index (χ3v) is 6.64. The summed E-state index contributed by atoms with van der Waals surface area (Å²) in [5.41, 5.74) is 7.74. The third-order valence-electron chi connectivity index (χ3n) is 6.64. The summed E-state index contributed by atoms with van der Waals surface area (Å²) in [6.45, 7) is 6.12. The maximum atomic E-state index is 11.7. The average molecular weight is 445 g/mol. The minimum absolute atomic E-state index is 0.0292. The summed E-state index contributed by atoms with van der Waals surface area (Å²) in [5, 5.41) is 13.3. The molecule has 33 heavy (non-hydrogen) atoms. The van der Waals surface area contributed by atoms with E-state index in [-0.39, 0.29) is 12.1 Å². The Morgan fingerprint density at radius 3 is 2.61 bits per heavy atom. The van der Waals surface area contributed by atoms with Crippen LogP contribution in [0.3, 0.4) is 0 Å². The largest absolute Gasteiger partial charge is 0.497 e. The van der Waals surface area contributed by atoms with Crippen molar-refractivity contribution >= 4 is 5.97 Å². The van der Waals surface area contributed by atoms with E-state index < -0.39 is 5.97 Å². The van der Waals surface area contributed by atoms with E-state index in [1.54, 1.807) is 7.11 Å². The second-order valence-electron chi connectivity index (χ2n) is 8.95. The van der Waals surface area contributed by atoms with E-state index in [2.05, 4.69) is 37.4 Å². The molecule has 1 aliphatic rings. The molecule has 0 spiro atoms. The van der Waals surface area contributed by atoms with Gasteiger partial charge in [0.25, 0.3) is 0 Å².